The standard InChI is InChI=1S/C24BF20.C19H20N/c26-5-1(6(27)14(35)21(42)13(5)34)25(2-7(28)15(36)22(43)16(37)8(2)29,3-9(30)17(38)23(44)18(39)10(3)31)4-11(32)19(40)24(45)20(41)12(4)33;1-15(2)19-18-11-7-6-10-17(18)12-13-20(19)14-16-8-4-3-5-9-16/h;3-13,15H,14H2,1-2H3/q-1;+1. The molecule has 6 aromatic carbocycles. The Kier molecular flexibility index (Phi) is 13.1. The monoisotopic (exact) mass is 941 g/mol. The van der Waals surface area contributed by atoms with Crippen LogP contribution in [0.4, 0.5) is 87.8 Å². The number of pyridine rings is 1. The van der Waals surface area contributed by atoms with Crippen LogP contribution in [-0.4, -0.2) is 6.15 Å². The van der Waals surface area contributed by atoms with Crippen LogP contribution in [0.5, 0.6) is 0 Å². The van der Waals surface area contributed by atoms with E-state index in [1.807, 2.05) is 0 Å². The van der Waals surface area contributed by atoms with Crippen molar-refractivity contribution in [3.05, 3.63) is 194 Å². The van der Waals surface area contributed by atoms with Crippen LogP contribution in [0.25, 0.3) is 10.8 Å². The van der Waals surface area contributed by atoms with Gasteiger partial charge in [0.05, 0.1) is 0 Å². The fourth-order valence-electron chi connectivity index (χ4n) is 7.72. The number of aromatic nitrogens is 1. The van der Waals surface area contributed by atoms with Crippen molar-refractivity contribution in [1.82, 2.24) is 0 Å². The van der Waals surface area contributed by atoms with Crippen molar-refractivity contribution >= 4 is 38.8 Å². The fraction of sp³-hybridized carbons (Fsp3) is 0.0930. The van der Waals surface area contributed by atoms with E-state index in [2.05, 4.69) is 85.3 Å². The Labute approximate surface area is 351 Å². The van der Waals surface area contributed by atoms with Gasteiger partial charge in [-0.05, 0) is 11.5 Å². The maximum Gasteiger partial charge on any atom is 0.200 e. The predicted molar refractivity (Wildman–Crippen MR) is 193 cm³/mol. The Morgan fingerprint density at radius 1 is 0.354 bits per heavy atom. The molecule has 0 saturated carbocycles. The number of rotatable bonds is 7. The van der Waals surface area contributed by atoms with Gasteiger partial charge in [0.2, 0.25) is 0 Å². The normalized spacial score (nSPS) is 11.7. The van der Waals surface area contributed by atoms with Gasteiger partial charge in [-0.2, -0.15) is 4.57 Å². The first-order valence-electron chi connectivity index (χ1n) is 18.1. The zero-order valence-electron chi connectivity index (χ0n) is 32.2. The van der Waals surface area contributed by atoms with Crippen LogP contribution >= 0.6 is 0 Å². The average Bonchev–Trinajstić information content (AvgIpc) is 3.29. The van der Waals surface area contributed by atoms with Crippen molar-refractivity contribution < 1.29 is 92.4 Å². The van der Waals surface area contributed by atoms with Crippen molar-refractivity contribution in [3.8, 4) is 0 Å². The molecule has 65 heavy (non-hydrogen) atoms. The molecule has 0 spiro atoms. The summed E-state index contributed by atoms with van der Waals surface area (Å²) >= 11 is 0. The molecule has 22 heteroatoms. The first kappa shape index (κ1) is 47.9. The van der Waals surface area contributed by atoms with Gasteiger partial charge >= 0.3 is 0 Å². The van der Waals surface area contributed by atoms with Crippen molar-refractivity contribution in [1.29, 1.82) is 0 Å². The maximum atomic E-state index is 15.4. The average molecular weight is 941 g/mol. The summed E-state index contributed by atoms with van der Waals surface area (Å²) in [5.74, 6) is -70.9. The largest absolute Gasteiger partial charge is 0.207 e. The first-order valence-corrected chi connectivity index (χ1v) is 18.1. The predicted octanol–water partition coefficient (Wildman–Crippen LogP) is 10.1. The molecule has 1 aromatic heterocycles. The highest BCUT2D eigenvalue weighted by atomic mass is 19.2. The minimum atomic E-state index is -7.22. The number of nitrogens with zero attached hydrogens (tertiary/aromatic N) is 1. The lowest BCUT2D eigenvalue weighted by molar-refractivity contribution is -0.695. The highest BCUT2D eigenvalue weighted by molar-refractivity contribution is 7.20. The van der Waals surface area contributed by atoms with Crippen LogP contribution in [0.2, 0.25) is 0 Å². The maximum absolute atomic E-state index is 15.4. The number of halogens is 20. The van der Waals surface area contributed by atoms with Crippen LogP contribution in [0.15, 0.2) is 66.9 Å². The number of hydrogen-bond donors (Lipinski definition) is 0. The van der Waals surface area contributed by atoms with E-state index < -0.39 is 144 Å². The molecular formula is C43H20BF20N. The molecule has 0 saturated heterocycles. The Hall–Kier alpha value is -6.61. The summed E-state index contributed by atoms with van der Waals surface area (Å²) < 4.78 is 296. The van der Waals surface area contributed by atoms with E-state index in [1.54, 1.807) is 0 Å². The third-order valence-electron chi connectivity index (χ3n) is 10.4. The molecule has 0 bridgehead atoms. The summed E-state index contributed by atoms with van der Waals surface area (Å²) in [4.78, 5) is 0. The van der Waals surface area contributed by atoms with E-state index in [-0.39, 0.29) is 0 Å². The molecule has 0 aliphatic carbocycles. The molecule has 0 atom stereocenters. The number of hydrogen-bond acceptors (Lipinski definition) is 0. The topological polar surface area (TPSA) is 3.88 Å². The van der Waals surface area contributed by atoms with Gasteiger partial charge in [-0.15, -0.1) is 21.9 Å². The minimum absolute atomic E-state index is 0.504. The van der Waals surface area contributed by atoms with Gasteiger partial charge in [0.25, 0.3) is 0 Å². The molecule has 1 nitrogen and oxygen atoms in total. The summed E-state index contributed by atoms with van der Waals surface area (Å²) in [6, 6.07) is 21.5. The summed E-state index contributed by atoms with van der Waals surface area (Å²) in [6.07, 6.45) is -5.00. The second-order valence-electron chi connectivity index (χ2n) is 14.4. The Morgan fingerprint density at radius 2 is 0.631 bits per heavy atom. The van der Waals surface area contributed by atoms with Gasteiger partial charge in [-0.1, -0.05) is 62.4 Å². The molecule has 1 heterocycles. The lowest BCUT2D eigenvalue weighted by Gasteiger charge is -2.44. The van der Waals surface area contributed by atoms with Crippen molar-refractivity contribution in [2.24, 2.45) is 0 Å². The van der Waals surface area contributed by atoms with E-state index >= 15 is 35.1 Å². The van der Waals surface area contributed by atoms with Crippen LogP contribution in [0.3, 0.4) is 0 Å². The molecule has 0 aliphatic rings. The Bertz CT molecular complexity index is 2670. The summed E-state index contributed by atoms with van der Waals surface area (Å²) in [7, 11) is 0. The van der Waals surface area contributed by atoms with E-state index in [0.717, 1.165) is 6.54 Å². The van der Waals surface area contributed by atoms with Gasteiger partial charge in [0, 0.05) is 22.9 Å². The summed E-state index contributed by atoms with van der Waals surface area (Å²) in [5, 5.41) is 2.68. The third kappa shape index (κ3) is 7.48. The van der Waals surface area contributed by atoms with Crippen LogP contribution < -0.4 is 26.4 Å². The van der Waals surface area contributed by atoms with E-state index in [1.165, 1.54) is 22.0 Å². The van der Waals surface area contributed by atoms with Crippen LogP contribution in [-0.2, 0) is 6.54 Å². The Balaban J connectivity index is 0.000000289. The molecule has 0 fully saturated rings. The second-order valence-corrected chi connectivity index (χ2v) is 14.4. The molecule has 0 amide bonds. The molecule has 7 rings (SSSR count). The quantitative estimate of drug-likeness (QED) is 0.0493. The summed E-state index contributed by atoms with van der Waals surface area (Å²) in [5.41, 5.74) is -11.6. The van der Waals surface area contributed by atoms with Crippen LogP contribution in [0, 0.1) is 116 Å². The van der Waals surface area contributed by atoms with Gasteiger partial charge < -0.3 is 0 Å². The second kappa shape index (κ2) is 17.8. The lowest BCUT2D eigenvalue weighted by Crippen LogP contribution is -2.81. The molecular weight excluding hydrogens is 921 g/mol. The van der Waals surface area contributed by atoms with Crippen LogP contribution in [0.1, 0.15) is 31.0 Å². The van der Waals surface area contributed by atoms with Crippen molar-refractivity contribution in [3.63, 3.8) is 0 Å². The molecule has 7 aromatic rings. The summed E-state index contributed by atoms with van der Waals surface area (Å²) in [6.45, 7) is 5.46. The fourth-order valence-corrected chi connectivity index (χ4v) is 7.72. The highest BCUT2D eigenvalue weighted by Gasteiger charge is 2.52. The van der Waals surface area contributed by atoms with Crippen molar-refractivity contribution in [2.45, 2.75) is 26.3 Å². The van der Waals surface area contributed by atoms with Gasteiger partial charge in [-0.25, -0.2) is 87.8 Å². The molecule has 0 unspecified atom stereocenters. The third-order valence-corrected chi connectivity index (χ3v) is 10.4. The van der Waals surface area contributed by atoms with Crippen molar-refractivity contribution in [2.75, 3.05) is 0 Å². The van der Waals surface area contributed by atoms with E-state index in [0.29, 0.717) is 5.92 Å². The zero-order chi connectivity index (χ0) is 48.3. The van der Waals surface area contributed by atoms with Gasteiger partial charge in [0.1, 0.15) is 52.7 Å². The lowest BCUT2D eigenvalue weighted by atomic mass is 9.12. The molecule has 0 radical (unpaired) electrons. The molecule has 0 aliphatic heterocycles. The molecule has 340 valence electrons. The number of fused-ring (bicyclic) bond motifs is 1. The SMILES string of the molecule is CC(C)c1c2ccccc2cc[n+]1Cc1ccccc1.Fc1c(F)c(F)c([B-](c2c(F)c(F)c(F)c(F)c2F)(c2c(F)c(F)c(F)c(F)c2F)c2c(F)c(F)c(F)c(F)c2F)c(F)c1F. The van der Waals surface area contributed by atoms with Gasteiger partial charge in [0.15, 0.2) is 88.2 Å². The van der Waals surface area contributed by atoms with Gasteiger partial charge in [-0.3, -0.25) is 0 Å². The smallest absolute Gasteiger partial charge is 0.200 e. The zero-order valence-corrected chi connectivity index (χ0v) is 32.2. The minimum Gasteiger partial charge on any atom is -0.207 e. The van der Waals surface area contributed by atoms with E-state index in [9.17, 15) is 52.7 Å². The molecule has 0 N–H and O–H groups in total. The Morgan fingerprint density at radius 3 is 0.938 bits per heavy atom. The first-order chi connectivity index (χ1) is 30.5. The number of benzene rings is 6. The highest BCUT2D eigenvalue weighted by Crippen LogP contribution is 2.31. The van der Waals surface area contributed by atoms with E-state index in [4.69, 9.17) is 0 Å².